The molecule has 170 valence electrons. The van der Waals surface area contributed by atoms with Crippen LogP contribution in [0.2, 0.25) is 10.0 Å². The number of benzene rings is 1. The first-order valence-electron chi connectivity index (χ1n) is 10.9. The molecule has 1 aromatic carbocycles. The van der Waals surface area contributed by atoms with E-state index < -0.39 is 0 Å². The van der Waals surface area contributed by atoms with E-state index in [-0.39, 0.29) is 11.8 Å². The van der Waals surface area contributed by atoms with E-state index in [1.165, 1.54) is 6.08 Å². The summed E-state index contributed by atoms with van der Waals surface area (Å²) in [6, 6.07) is 5.24. The fourth-order valence-electron chi connectivity index (χ4n) is 4.07. The van der Waals surface area contributed by atoms with Gasteiger partial charge in [0.25, 0.3) is 0 Å². The van der Waals surface area contributed by atoms with Crippen LogP contribution in [0, 0.1) is 0 Å². The zero-order chi connectivity index (χ0) is 22.2. The standard InChI is InChI=1S/C23H31Cl2N3O3/c1-31-19-7-12-26(13-8-19)10-2-11-27-15-16-28(14-9-23(27)30)22(29)6-4-18-3-5-20(24)21(25)17-18/h3-6,17,19H,2,7-16H2,1H3/b6-4+. The molecule has 2 aliphatic heterocycles. The maximum atomic E-state index is 12.6. The Morgan fingerprint density at radius 2 is 1.87 bits per heavy atom. The van der Waals surface area contributed by atoms with Gasteiger partial charge in [-0.2, -0.15) is 0 Å². The van der Waals surface area contributed by atoms with Gasteiger partial charge in [-0.05, 0) is 49.6 Å². The van der Waals surface area contributed by atoms with Crippen molar-refractivity contribution in [3.05, 3.63) is 39.9 Å². The van der Waals surface area contributed by atoms with Crippen LogP contribution >= 0.6 is 23.2 Å². The van der Waals surface area contributed by atoms with Crippen LogP contribution < -0.4 is 0 Å². The molecule has 2 saturated heterocycles. The summed E-state index contributed by atoms with van der Waals surface area (Å²) in [5.74, 6) is 0.0311. The number of methoxy groups -OCH3 is 1. The summed E-state index contributed by atoms with van der Waals surface area (Å²) in [4.78, 5) is 31.2. The number of piperidine rings is 1. The molecule has 31 heavy (non-hydrogen) atoms. The van der Waals surface area contributed by atoms with Crippen molar-refractivity contribution in [3.8, 4) is 0 Å². The molecule has 2 heterocycles. The molecule has 2 fully saturated rings. The van der Waals surface area contributed by atoms with Crippen LogP contribution in [-0.2, 0) is 14.3 Å². The van der Waals surface area contributed by atoms with E-state index in [9.17, 15) is 9.59 Å². The molecule has 0 N–H and O–H groups in total. The number of carbonyl (C=O) groups is 2. The average Bonchev–Trinajstić information content (AvgIpc) is 2.96. The average molecular weight is 468 g/mol. The number of nitrogens with zero attached hydrogens (tertiary/aromatic N) is 3. The van der Waals surface area contributed by atoms with Crippen molar-refractivity contribution in [3.63, 3.8) is 0 Å². The van der Waals surface area contributed by atoms with Gasteiger partial charge < -0.3 is 19.4 Å². The van der Waals surface area contributed by atoms with Crippen LogP contribution in [0.3, 0.4) is 0 Å². The summed E-state index contributed by atoms with van der Waals surface area (Å²) in [5, 5.41) is 0.936. The van der Waals surface area contributed by atoms with Crippen LogP contribution in [0.15, 0.2) is 24.3 Å². The number of amides is 2. The zero-order valence-corrected chi connectivity index (χ0v) is 19.6. The Hall–Kier alpha value is -1.60. The van der Waals surface area contributed by atoms with Gasteiger partial charge in [-0.1, -0.05) is 29.3 Å². The van der Waals surface area contributed by atoms with Crippen LogP contribution in [0.5, 0.6) is 0 Å². The van der Waals surface area contributed by atoms with E-state index >= 15 is 0 Å². The summed E-state index contributed by atoms with van der Waals surface area (Å²) in [5.41, 5.74) is 0.810. The van der Waals surface area contributed by atoms with E-state index in [1.807, 2.05) is 11.0 Å². The molecule has 2 amide bonds. The second-order valence-corrected chi connectivity index (χ2v) is 8.91. The lowest BCUT2D eigenvalue weighted by atomic mass is 10.1. The minimum atomic E-state index is -0.0956. The SMILES string of the molecule is COC1CCN(CCCN2CCN(C(=O)/C=C/c3ccc(Cl)c(Cl)c3)CCC2=O)CC1. The number of hydrogen-bond donors (Lipinski definition) is 0. The Labute approximate surface area is 194 Å². The lowest BCUT2D eigenvalue weighted by Gasteiger charge is -2.31. The van der Waals surface area contributed by atoms with Gasteiger partial charge in [-0.15, -0.1) is 0 Å². The number of likely N-dealkylation sites (tertiary alicyclic amines) is 1. The Balaban J connectivity index is 1.43. The minimum Gasteiger partial charge on any atom is -0.381 e. The van der Waals surface area contributed by atoms with Crippen molar-refractivity contribution in [2.75, 3.05) is 52.9 Å². The van der Waals surface area contributed by atoms with Gasteiger partial charge in [0.15, 0.2) is 0 Å². The highest BCUT2D eigenvalue weighted by Gasteiger charge is 2.23. The summed E-state index contributed by atoms with van der Waals surface area (Å²) in [7, 11) is 1.78. The van der Waals surface area contributed by atoms with Gasteiger partial charge in [0.2, 0.25) is 11.8 Å². The summed E-state index contributed by atoms with van der Waals surface area (Å²) < 4.78 is 5.42. The van der Waals surface area contributed by atoms with Crippen molar-refractivity contribution >= 4 is 41.1 Å². The molecular weight excluding hydrogens is 437 g/mol. The minimum absolute atomic E-state index is 0.0956. The third-order valence-corrected chi connectivity index (χ3v) is 6.77. The fourth-order valence-corrected chi connectivity index (χ4v) is 4.37. The predicted octanol–water partition coefficient (Wildman–Crippen LogP) is 3.57. The summed E-state index contributed by atoms with van der Waals surface area (Å²) in [6.07, 6.45) is 7.11. The van der Waals surface area contributed by atoms with Crippen LogP contribution in [0.25, 0.3) is 6.08 Å². The molecule has 3 rings (SSSR count). The number of halogens is 2. The van der Waals surface area contributed by atoms with Gasteiger partial charge in [-0.25, -0.2) is 0 Å². The Kier molecular flexibility index (Phi) is 9.20. The predicted molar refractivity (Wildman–Crippen MR) is 124 cm³/mol. The normalized spacial score (nSPS) is 19.3. The monoisotopic (exact) mass is 467 g/mol. The van der Waals surface area contributed by atoms with Crippen molar-refractivity contribution in [2.45, 2.75) is 31.8 Å². The largest absolute Gasteiger partial charge is 0.381 e. The molecule has 0 atom stereocenters. The van der Waals surface area contributed by atoms with Crippen LogP contribution in [0.4, 0.5) is 0 Å². The smallest absolute Gasteiger partial charge is 0.246 e. The molecule has 1 aromatic rings. The topological polar surface area (TPSA) is 53.1 Å². The highest BCUT2D eigenvalue weighted by molar-refractivity contribution is 6.42. The van der Waals surface area contributed by atoms with Gasteiger partial charge in [0, 0.05) is 58.9 Å². The van der Waals surface area contributed by atoms with Gasteiger partial charge >= 0.3 is 0 Å². The Morgan fingerprint density at radius 3 is 2.58 bits per heavy atom. The first-order chi connectivity index (χ1) is 15.0. The lowest BCUT2D eigenvalue weighted by molar-refractivity contribution is -0.130. The van der Waals surface area contributed by atoms with Crippen LogP contribution in [-0.4, -0.2) is 85.5 Å². The second-order valence-electron chi connectivity index (χ2n) is 8.09. The molecule has 0 aliphatic carbocycles. The maximum Gasteiger partial charge on any atom is 0.246 e. The third kappa shape index (κ3) is 7.21. The summed E-state index contributed by atoms with van der Waals surface area (Å²) in [6.45, 7) is 5.43. The molecule has 6 nitrogen and oxygen atoms in total. The molecule has 2 aliphatic rings. The van der Waals surface area contributed by atoms with Crippen molar-refractivity contribution in [1.29, 1.82) is 0 Å². The van der Waals surface area contributed by atoms with E-state index in [0.29, 0.717) is 42.2 Å². The number of hydrogen-bond acceptors (Lipinski definition) is 4. The zero-order valence-electron chi connectivity index (χ0n) is 18.1. The highest BCUT2D eigenvalue weighted by atomic mass is 35.5. The summed E-state index contributed by atoms with van der Waals surface area (Å²) >= 11 is 12.0. The van der Waals surface area contributed by atoms with E-state index in [2.05, 4.69) is 4.90 Å². The van der Waals surface area contributed by atoms with E-state index in [1.54, 1.807) is 30.2 Å². The van der Waals surface area contributed by atoms with Crippen molar-refractivity contribution < 1.29 is 14.3 Å². The number of rotatable bonds is 7. The van der Waals surface area contributed by atoms with E-state index in [4.69, 9.17) is 27.9 Å². The molecule has 0 saturated carbocycles. The van der Waals surface area contributed by atoms with Gasteiger partial charge in [0.05, 0.1) is 16.1 Å². The highest BCUT2D eigenvalue weighted by Crippen LogP contribution is 2.23. The van der Waals surface area contributed by atoms with Crippen molar-refractivity contribution in [2.24, 2.45) is 0 Å². The van der Waals surface area contributed by atoms with Gasteiger partial charge in [-0.3, -0.25) is 9.59 Å². The number of carbonyl (C=O) groups excluding carboxylic acids is 2. The number of ether oxygens (including phenoxy) is 1. The molecule has 0 aromatic heterocycles. The quantitative estimate of drug-likeness (QED) is 0.575. The first kappa shape index (κ1) is 24.1. The van der Waals surface area contributed by atoms with Gasteiger partial charge in [0.1, 0.15) is 0 Å². The Morgan fingerprint density at radius 1 is 1.10 bits per heavy atom. The molecule has 8 heteroatoms. The molecular formula is C23H31Cl2N3O3. The van der Waals surface area contributed by atoms with E-state index in [0.717, 1.165) is 51.0 Å². The fraction of sp³-hybridized carbons (Fsp3) is 0.565. The second kappa shape index (κ2) is 11.9. The lowest BCUT2D eigenvalue weighted by Crippen LogP contribution is -2.39. The molecule has 0 bridgehead atoms. The molecule has 0 radical (unpaired) electrons. The van der Waals surface area contributed by atoms with Crippen LogP contribution in [0.1, 0.15) is 31.2 Å². The maximum absolute atomic E-state index is 12.6. The third-order valence-electron chi connectivity index (χ3n) is 6.03. The first-order valence-corrected chi connectivity index (χ1v) is 11.7. The molecule has 0 unspecified atom stereocenters. The van der Waals surface area contributed by atoms with Crippen molar-refractivity contribution in [1.82, 2.24) is 14.7 Å². The molecule has 0 spiro atoms. The Bertz CT molecular complexity index is 794.